The van der Waals surface area contributed by atoms with Gasteiger partial charge in [-0.15, -0.1) is 0 Å². The zero-order valence-corrected chi connectivity index (χ0v) is 10.7. The Hall–Kier alpha value is -1.59. The summed E-state index contributed by atoms with van der Waals surface area (Å²) in [6, 6.07) is 9.38. The predicted octanol–water partition coefficient (Wildman–Crippen LogP) is 1.19. The van der Waals surface area contributed by atoms with E-state index in [2.05, 4.69) is 5.32 Å². The van der Waals surface area contributed by atoms with Crippen LogP contribution in [0.5, 0.6) is 0 Å². The summed E-state index contributed by atoms with van der Waals surface area (Å²) in [4.78, 5) is 11.7. The van der Waals surface area contributed by atoms with E-state index in [1.165, 1.54) is 0 Å². The maximum Gasteiger partial charge on any atom is 0.407 e. The van der Waals surface area contributed by atoms with Crippen molar-refractivity contribution in [1.82, 2.24) is 5.32 Å². The van der Waals surface area contributed by atoms with Crippen molar-refractivity contribution in [2.24, 2.45) is 0 Å². The van der Waals surface area contributed by atoms with Gasteiger partial charge in [-0.1, -0.05) is 30.3 Å². The molecule has 0 aliphatic heterocycles. The number of ether oxygens (including phenoxy) is 1. The number of nitrogens with one attached hydrogen (secondary N) is 1. The van der Waals surface area contributed by atoms with Crippen molar-refractivity contribution in [3.05, 3.63) is 35.9 Å². The Bertz CT molecular complexity index is 423. The number of carbonyl (C=O) groups is 1. The van der Waals surface area contributed by atoms with Gasteiger partial charge in [0, 0.05) is 0 Å². The molecule has 0 saturated heterocycles. The molecule has 3 N–H and O–H groups in total. The summed E-state index contributed by atoms with van der Waals surface area (Å²) in [7, 11) is 0. The Kier molecular flexibility index (Phi) is 4.39. The van der Waals surface area contributed by atoms with Gasteiger partial charge in [0.2, 0.25) is 0 Å². The molecule has 1 amide bonds. The third-order valence-corrected chi connectivity index (χ3v) is 3.47. The lowest BCUT2D eigenvalue weighted by molar-refractivity contribution is 0.0987. The van der Waals surface area contributed by atoms with Crippen LogP contribution in [0.15, 0.2) is 30.3 Å². The summed E-state index contributed by atoms with van der Waals surface area (Å²) in [5, 5.41) is 21.6. The fourth-order valence-corrected chi connectivity index (χ4v) is 2.37. The monoisotopic (exact) mass is 265 g/mol. The van der Waals surface area contributed by atoms with Gasteiger partial charge in [0.05, 0.1) is 18.2 Å². The van der Waals surface area contributed by atoms with E-state index in [1.54, 1.807) is 0 Å². The smallest absolute Gasteiger partial charge is 0.407 e. The first kappa shape index (κ1) is 13.8. The van der Waals surface area contributed by atoms with Gasteiger partial charge in [0.15, 0.2) is 0 Å². The quantitative estimate of drug-likeness (QED) is 0.764. The second kappa shape index (κ2) is 6.04. The van der Waals surface area contributed by atoms with Gasteiger partial charge >= 0.3 is 6.09 Å². The molecular formula is C14H19NO4. The van der Waals surface area contributed by atoms with E-state index in [0.717, 1.165) is 5.56 Å². The molecule has 5 heteroatoms. The second-order valence-corrected chi connectivity index (χ2v) is 5.02. The highest BCUT2D eigenvalue weighted by Gasteiger charge is 2.39. The first-order valence-corrected chi connectivity index (χ1v) is 6.41. The molecule has 1 aromatic rings. The first-order chi connectivity index (χ1) is 9.13. The second-order valence-electron chi connectivity index (χ2n) is 5.02. The minimum absolute atomic E-state index is 0.190. The summed E-state index contributed by atoms with van der Waals surface area (Å²) in [6.45, 7) is 0.00122. The standard InChI is InChI=1S/C14H19NO4/c16-10-14(7-6-12(17)8-14)15-13(18)19-9-11-4-2-1-3-5-11/h1-5,12,16-17H,6-10H2,(H,15,18)/t12-,14-/m0/s1. The number of carbonyl (C=O) groups excluding carboxylic acids is 1. The normalized spacial score (nSPS) is 26.1. The van der Waals surface area contributed by atoms with Gasteiger partial charge in [0.25, 0.3) is 0 Å². The van der Waals surface area contributed by atoms with E-state index < -0.39 is 17.7 Å². The molecular weight excluding hydrogens is 246 g/mol. The lowest BCUT2D eigenvalue weighted by atomic mass is 9.99. The summed E-state index contributed by atoms with van der Waals surface area (Å²) in [5.41, 5.74) is 0.162. The fourth-order valence-electron chi connectivity index (χ4n) is 2.37. The van der Waals surface area contributed by atoms with Gasteiger partial charge in [-0.3, -0.25) is 0 Å². The van der Waals surface area contributed by atoms with Crippen LogP contribution < -0.4 is 5.32 Å². The van der Waals surface area contributed by atoms with Gasteiger partial charge < -0.3 is 20.3 Å². The molecule has 0 radical (unpaired) electrons. The van der Waals surface area contributed by atoms with Gasteiger partial charge in [0.1, 0.15) is 6.61 Å². The number of aliphatic hydroxyl groups is 2. The molecule has 1 saturated carbocycles. The third-order valence-electron chi connectivity index (χ3n) is 3.47. The van der Waals surface area contributed by atoms with E-state index in [0.29, 0.717) is 19.3 Å². The first-order valence-electron chi connectivity index (χ1n) is 6.41. The Balaban J connectivity index is 1.84. The van der Waals surface area contributed by atoms with Crippen molar-refractivity contribution in [2.75, 3.05) is 6.61 Å². The molecule has 2 atom stereocenters. The lowest BCUT2D eigenvalue weighted by Gasteiger charge is -2.27. The molecule has 0 aromatic heterocycles. The predicted molar refractivity (Wildman–Crippen MR) is 69.4 cm³/mol. The molecule has 1 fully saturated rings. The molecule has 104 valence electrons. The van der Waals surface area contributed by atoms with Crippen LogP contribution >= 0.6 is 0 Å². The van der Waals surface area contributed by atoms with Gasteiger partial charge in [-0.2, -0.15) is 0 Å². The number of aliphatic hydroxyl groups excluding tert-OH is 2. The Morgan fingerprint density at radius 1 is 1.42 bits per heavy atom. The number of rotatable bonds is 4. The van der Waals surface area contributed by atoms with Crippen LogP contribution in [0.2, 0.25) is 0 Å². The zero-order valence-electron chi connectivity index (χ0n) is 10.7. The Morgan fingerprint density at radius 3 is 2.74 bits per heavy atom. The van der Waals surface area contributed by atoms with E-state index >= 15 is 0 Å². The molecule has 1 aliphatic carbocycles. The van der Waals surface area contributed by atoms with E-state index in [1.807, 2.05) is 30.3 Å². The Morgan fingerprint density at radius 2 is 2.16 bits per heavy atom. The molecule has 0 spiro atoms. The summed E-state index contributed by atoms with van der Waals surface area (Å²) < 4.78 is 5.11. The van der Waals surface area contributed by atoms with Crippen molar-refractivity contribution in [2.45, 2.75) is 37.5 Å². The average Bonchev–Trinajstić information content (AvgIpc) is 2.79. The van der Waals surface area contributed by atoms with Crippen molar-refractivity contribution < 1.29 is 19.7 Å². The zero-order chi connectivity index (χ0) is 13.7. The minimum Gasteiger partial charge on any atom is -0.445 e. The maximum absolute atomic E-state index is 11.7. The van der Waals surface area contributed by atoms with Crippen molar-refractivity contribution in [3.63, 3.8) is 0 Å². The van der Waals surface area contributed by atoms with Crippen LogP contribution in [0.25, 0.3) is 0 Å². The lowest BCUT2D eigenvalue weighted by Crippen LogP contribution is -2.49. The van der Waals surface area contributed by atoms with E-state index in [4.69, 9.17) is 4.74 Å². The molecule has 1 aromatic carbocycles. The van der Waals surface area contributed by atoms with Crippen molar-refractivity contribution in [3.8, 4) is 0 Å². The summed E-state index contributed by atoms with van der Waals surface area (Å²) in [5.74, 6) is 0. The van der Waals surface area contributed by atoms with E-state index in [9.17, 15) is 15.0 Å². The molecule has 19 heavy (non-hydrogen) atoms. The molecule has 1 aliphatic rings. The van der Waals surface area contributed by atoms with Crippen LogP contribution in [0.4, 0.5) is 4.79 Å². The topological polar surface area (TPSA) is 78.8 Å². The number of benzene rings is 1. The van der Waals surface area contributed by atoms with Crippen LogP contribution in [0.1, 0.15) is 24.8 Å². The molecule has 0 heterocycles. The van der Waals surface area contributed by atoms with Crippen LogP contribution in [-0.2, 0) is 11.3 Å². The molecule has 0 unspecified atom stereocenters. The van der Waals surface area contributed by atoms with E-state index in [-0.39, 0.29) is 13.2 Å². The SMILES string of the molecule is O=C(N[C@@]1(CO)CC[C@H](O)C1)OCc1ccccc1. The third kappa shape index (κ3) is 3.68. The van der Waals surface area contributed by atoms with Crippen molar-refractivity contribution >= 4 is 6.09 Å². The summed E-state index contributed by atoms with van der Waals surface area (Å²) >= 11 is 0. The van der Waals surface area contributed by atoms with Crippen molar-refractivity contribution in [1.29, 1.82) is 0 Å². The molecule has 5 nitrogen and oxygen atoms in total. The van der Waals surface area contributed by atoms with Crippen LogP contribution in [-0.4, -0.2) is 34.6 Å². The highest BCUT2D eigenvalue weighted by Crippen LogP contribution is 2.29. The summed E-state index contributed by atoms with van der Waals surface area (Å²) in [6.07, 6.45) is 0.475. The van der Waals surface area contributed by atoms with Crippen LogP contribution in [0, 0.1) is 0 Å². The highest BCUT2D eigenvalue weighted by molar-refractivity contribution is 5.68. The maximum atomic E-state index is 11.7. The number of amides is 1. The highest BCUT2D eigenvalue weighted by atomic mass is 16.5. The number of hydrogen-bond donors (Lipinski definition) is 3. The number of hydrogen-bond acceptors (Lipinski definition) is 4. The fraction of sp³-hybridized carbons (Fsp3) is 0.500. The minimum atomic E-state index is -0.743. The van der Waals surface area contributed by atoms with Crippen LogP contribution in [0.3, 0.4) is 0 Å². The molecule has 0 bridgehead atoms. The number of alkyl carbamates (subject to hydrolysis) is 1. The molecule has 2 rings (SSSR count). The largest absolute Gasteiger partial charge is 0.445 e. The van der Waals surface area contributed by atoms with Gasteiger partial charge in [-0.25, -0.2) is 4.79 Å². The average molecular weight is 265 g/mol. The van der Waals surface area contributed by atoms with Gasteiger partial charge in [-0.05, 0) is 24.8 Å². The Labute approximate surface area is 112 Å².